The monoisotopic (exact) mass is 324 g/mol. The number of ether oxygens (including phenoxy) is 2. The molecule has 8 heteroatoms. The maximum absolute atomic E-state index is 14.1. The lowest BCUT2D eigenvalue weighted by atomic mass is 10.0. The molecule has 0 saturated heterocycles. The molecule has 0 bridgehead atoms. The summed E-state index contributed by atoms with van der Waals surface area (Å²) in [6, 6.07) is 1.97. The molecule has 0 aliphatic carbocycles. The molecule has 2 N–H and O–H groups in total. The van der Waals surface area contributed by atoms with Crippen LogP contribution in [-0.2, 0) is 9.53 Å². The Bertz CT molecular complexity index is 661. The van der Waals surface area contributed by atoms with Crippen LogP contribution in [0.5, 0.6) is 5.75 Å². The van der Waals surface area contributed by atoms with Crippen molar-refractivity contribution in [2.24, 2.45) is 0 Å². The van der Waals surface area contributed by atoms with Gasteiger partial charge in [0.05, 0.1) is 12.7 Å². The van der Waals surface area contributed by atoms with Crippen LogP contribution in [0.25, 0.3) is 0 Å². The normalized spacial score (nSPS) is 12.0. The number of carboxylic acids is 1. The third-order valence-electron chi connectivity index (χ3n) is 2.66. The number of hydrogen-bond donors (Lipinski definition) is 2. The van der Waals surface area contributed by atoms with Gasteiger partial charge in [-0.15, -0.1) is 0 Å². The van der Waals surface area contributed by atoms with Crippen molar-refractivity contribution in [3.8, 4) is 11.8 Å². The number of amides is 1. The second-order valence-corrected chi connectivity index (χ2v) is 5.60. The van der Waals surface area contributed by atoms with Gasteiger partial charge >= 0.3 is 12.1 Å². The quantitative estimate of drug-likeness (QED) is 0.880. The van der Waals surface area contributed by atoms with Crippen LogP contribution >= 0.6 is 0 Å². The molecule has 1 unspecified atom stereocenters. The Labute approximate surface area is 132 Å². The molecule has 1 atom stereocenters. The summed E-state index contributed by atoms with van der Waals surface area (Å²) >= 11 is 0. The summed E-state index contributed by atoms with van der Waals surface area (Å²) in [6.07, 6.45) is -1.02. The molecule has 124 valence electrons. The zero-order valence-electron chi connectivity index (χ0n) is 13.1. The van der Waals surface area contributed by atoms with Crippen LogP contribution in [0.1, 0.15) is 37.9 Å². The number of carbonyl (C=O) groups excluding carboxylic acids is 1. The van der Waals surface area contributed by atoms with Crippen LogP contribution in [0.2, 0.25) is 0 Å². The minimum absolute atomic E-state index is 0.0323. The maximum Gasteiger partial charge on any atom is 0.408 e. The van der Waals surface area contributed by atoms with Gasteiger partial charge in [-0.25, -0.2) is 14.0 Å². The van der Waals surface area contributed by atoms with E-state index in [0.29, 0.717) is 0 Å². The van der Waals surface area contributed by atoms with E-state index in [9.17, 15) is 19.1 Å². The summed E-state index contributed by atoms with van der Waals surface area (Å²) in [5, 5.41) is 20.3. The Hall–Kier alpha value is -2.82. The zero-order valence-corrected chi connectivity index (χ0v) is 13.1. The van der Waals surface area contributed by atoms with Crippen molar-refractivity contribution >= 4 is 12.1 Å². The molecule has 0 heterocycles. The van der Waals surface area contributed by atoms with E-state index in [2.05, 4.69) is 5.32 Å². The Morgan fingerprint density at radius 3 is 2.43 bits per heavy atom. The Balaban J connectivity index is 3.19. The fraction of sp³-hybridized carbons (Fsp3) is 0.400. The van der Waals surface area contributed by atoms with Gasteiger partial charge in [-0.05, 0) is 26.8 Å². The highest BCUT2D eigenvalue weighted by molar-refractivity contribution is 5.81. The molecular formula is C15H17FN2O5. The zero-order chi connectivity index (χ0) is 17.8. The Kier molecular flexibility index (Phi) is 5.52. The highest BCUT2D eigenvalue weighted by atomic mass is 19.1. The number of carbonyl (C=O) groups is 2. The molecule has 0 fully saturated rings. The maximum atomic E-state index is 14.1. The molecule has 1 aromatic rings. The van der Waals surface area contributed by atoms with Gasteiger partial charge in [-0.1, -0.05) is 0 Å². The molecule has 1 amide bonds. The Morgan fingerprint density at radius 1 is 1.39 bits per heavy atom. The number of alkyl carbamates (subject to hydrolysis) is 1. The van der Waals surface area contributed by atoms with Gasteiger partial charge in [-0.2, -0.15) is 5.26 Å². The lowest BCUT2D eigenvalue weighted by Gasteiger charge is -2.22. The Morgan fingerprint density at radius 2 is 2.00 bits per heavy atom. The summed E-state index contributed by atoms with van der Waals surface area (Å²) in [4.78, 5) is 23.1. The van der Waals surface area contributed by atoms with Crippen LogP contribution in [0, 0.1) is 17.1 Å². The molecular weight excluding hydrogens is 307 g/mol. The van der Waals surface area contributed by atoms with Crippen LogP contribution in [-0.4, -0.2) is 29.9 Å². The molecule has 0 saturated carbocycles. The number of aliphatic carboxylic acids is 1. The van der Waals surface area contributed by atoms with Gasteiger partial charge in [0.25, 0.3) is 0 Å². The first-order valence-corrected chi connectivity index (χ1v) is 6.59. The first kappa shape index (κ1) is 18.2. The first-order chi connectivity index (χ1) is 10.6. The third kappa shape index (κ3) is 4.85. The van der Waals surface area contributed by atoms with Crippen LogP contribution < -0.4 is 10.1 Å². The number of halogens is 1. The number of hydrogen-bond acceptors (Lipinski definition) is 5. The summed E-state index contributed by atoms with van der Waals surface area (Å²) in [7, 11) is 1.25. The second kappa shape index (κ2) is 6.96. The van der Waals surface area contributed by atoms with Gasteiger partial charge in [0.15, 0.2) is 6.04 Å². The smallest absolute Gasteiger partial charge is 0.408 e. The fourth-order valence-electron chi connectivity index (χ4n) is 1.75. The lowest BCUT2D eigenvalue weighted by molar-refractivity contribution is -0.139. The van der Waals surface area contributed by atoms with E-state index in [4.69, 9.17) is 14.7 Å². The minimum Gasteiger partial charge on any atom is -0.495 e. The molecule has 23 heavy (non-hydrogen) atoms. The topological polar surface area (TPSA) is 109 Å². The van der Waals surface area contributed by atoms with Crippen LogP contribution in [0.4, 0.5) is 9.18 Å². The molecule has 0 spiro atoms. The number of nitriles is 1. The summed E-state index contributed by atoms with van der Waals surface area (Å²) in [6.45, 7) is 4.80. The van der Waals surface area contributed by atoms with Gasteiger partial charge in [0.2, 0.25) is 0 Å². The minimum atomic E-state index is -1.71. The average Bonchev–Trinajstić information content (AvgIpc) is 2.42. The molecule has 0 aromatic heterocycles. The van der Waals surface area contributed by atoms with Gasteiger partial charge in [-0.3, -0.25) is 0 Å². The molecule has 1 rings (SSSR count). The van der Waals surface area contributed by atoms with Crippen molar-refractivity contribution in [1.29, 1.82) is 5.26 Å². The molecule has 1 aromatic carbocycles. The largest absolute Gasteiger partial charge is 0.495 e. The van der Waals surface area contributed by atoms with Crippen LogP contribution in [0.3, 0.4) is 0 Å². The highest BCUT2D eigenvalue weighted by Crippen LogP contribution is 2.26. The van der Waals surface area contributed by atoms with E-state index < -0.39 is 29.5 Å². The van der Waals surface area contributed by atoms with Crippen LogP contribution in [0.15, 0.2) is 12.1 Å². The van der Waals surface area contributed by atoms with Gasteiger partial charge in [0, 0.05) is 11.6 Å². The van der Waals surface area contributed by atoms with E-state index in [-0.39, 0.29) is 16.9 Å². The highest BCUT2D eigenvalue weighted by Gasteiger charge is 2.29. The standard InChI is InChI=1S/C15H17FN2O5/c1-15(2,3)23-14(21)18-12(13(19)20)9-5-8(7-17)11(22-4)6-10(9)16/h5-6,12H,1-4H3,(H,18,21)(H,19,20). The van der Waals surface area contributed by atoms with Crippen molar-refractivity contribution in [2.75, 3.05) is 7.11 Å². The van der Waals surface area contributed by atoms with Crippen molar-refractivity contribution in [2.45, 2.75) is 32.4 Å². The van der Waals surface area contributed by atoms with Gasteiger partial charge in [0.1, 0.15) is 23.2 Å². The van der Waals surface area contributed by atoms with E-state index in [1.54, 1.807) is 26.8 Å². The van der Waals surface area contributed by atoms with Crippen molar-refractivity contribution in [1.82, 2.24) is 5.32 Å². The second-order valence-electron chi connectivity index (χ2n) is 5.60. The summed E-state index contributed by atoms with van der Waals surface area (Å²) < 4.78 is 23.9. The van der Waals surface area contributed by atoms with E-state index in [1.807, 2.05) is 0 Å². The lowest BCUT2D eigenvalue weighted by Crippen LogP contribution is -2.38. The summed E-state index contributed by atoms with van der Waals surface area (Å²) in [5.74, 6) is -2.46. The van der Waals surface area contributed by atoms with Crippen molar-refractivity contribution < 1.29 is 28.6 Å². The van der Waals surface area contributed by atoms with E-state index in [0.717, 1.165) is 12.1 Å². The number of carboxylic acid groups (broad SMARTS) is 1. The van der Waals surface area contributed by atoms with Gasteiger partial charge < -0.3 is 19.9 Å². The fourth-order valence-corrected chi connectivity index (χ4v) is 1.75. The van der Waals surface area contributed by atoms with E-state index in [1.165, 1.54) is 7.11 Å². The van der Waals surface area contributed by atoms with Crippen molar-refractivity contribution in [3.63, 3.8) is 0 Å². The SMILES string of the molecule is COc1cc(F)c(C(NC(=O)OC(C)(C)C)C(=O)O)cc1C#N. The summed E-state index contributed by atoms with van der Waals surface area (Å²) in [5.41, 5.74) is -1.27. The number of benzene rings is 1. The first-order valence-electron chi connectivity index (χ1n) is 6.59. The number of nitrogens with zero attached hydrogens (tertiary/aromatic N) is 1. The predicted octanol–water partition coefficient (Wildman–Crippen LogP) is 2.36. The van der Waals surface area contributed by atoms with Crippen molar-refractivity contribution in [3.05, 3.63) is 29.1 Å². The molecule has 0 radical (unpaired) electrons. The van der Waals surface area contributed by atoms with E-state index >= 15 is 0 Å². The molecule has 7 nitrogen and oxygen atoms in total. The predicted molar refractivity (Wildman–Crippen MR) is 77.4 cm³/mol. The molecule has 0 aliphatic heterocycles. The number of rotatable bonds is 4. The molecule has 0 aliphatic rings. The number of nitrogens with one attached hydrogen (secondary N) is 1. The number of methoxy groups -OCH3 is 1. The third-order valence-corrected chi connectivity index (χ3v) is 2.66. The average molecular weight is 324 g/mol.